The molecule has 0 saturated heterocycles. The van der Waals surface area contributed by atoms with Crippen LogP contribution in [0.4, 0.5) is 0 Å². The largest absolute Gasteiger partial charge is 3.00 e. The minimum Gasteiger partial charge on any atom is -0.678 e. The first-order valence-electron chi connectivity index (χ1n) is 8.77. The van der Waals surface area contributed by atoms with Gasteiger partial charge in [-0.25, -0.2) is 6.17 Å². The molecule has 1 rings (SSSR count). The molecule has 1 aliphatic rings. The summed E-state index contributed by atoms with van der Waals surface area (Å²) in [7, 11) is 1.79. The number of methoxy groups -OCH3 is 1. The van der Waals surface area contributed by atoms with Crippen LogP contribution in [0.15, 0.2) is 0 Å². The average molecular weight is 438 g/mol. The van der Waals surface area contributed by atoms with E-state index >= 15 is 0 Å². The van der Waals surface area contributed by atoms with Crippen molar-refractivity contribution < 1.29 is 40.3 Å². The molecule has 130 valence electrons. The van der Waals surface area contributed by atoms with Crippen LogP contribution in [0.25, 0.3) is 10.6 Å². The zero-order valence-electron chi connectivity index (χ0n) is 15.8. The van der Waals surface area contributed by atoms with Crippen molar-refractivity contribution in [2.45, 2.75) is 78.8 Å². The van der Waals surface area contributed by atoms with Crippen LogP contribution in [0.1, 0.15) is 72.6 Å². The standard InChI is InChI=1S/C10H20O.C6H14N2.C2H5.La/c1-11-9-5-4-8-10-6-2-3-7-10;1-4-7-6(3)8-5-2;1-2;/h10H,2-9H2,1H3;6H,4-5H2,1-3H3;1H2,2H3;/q;-2;-1;+3. The van der Waals surface area contributed by atoms with Gasteiger partial charge in [0.15, 0.2) is 0 Å². The Morgan fingerprint density at radius 2 is 1.55 bits per heavy atom. The van der Waals surface area contributed by atoms with Crippen LogP contribution in [0, 0.1) is 48.4 Å². The number of hydrogen-bond acceptors (Lipinski definition) is 1. The second-order valence-corrected chi connectivity index (χ2v) is 5.27. The smallest absolute Gasteiger partial charge is 0.678 e. The maximum absolute atomic E-state index is 5.01. The molecular weight excluding hydrogens is 399 g/mol. The van der Waals surface area contributed by atoms with E-state index in [9.17, 15) is 0 Å². The molecule has 0 aromatic carbocycles. The molecule has 1 saturated carbocycles. The molecule has 0 atom stereocenters. The van der Waals surface area contributed by atoms with Crippen LogP contribution in [-0.4, -0.2) is 33.0 Å². The SMILES string of the molecule is CC[N-]C(C)[N-]CC.COCCCCC1CCCC1.[CH2-]C.[La+3]. The van der Waals surface area contributed by atoms with Gasteiger partial charge in [-0.15, -0.1) is 6.92 Å². The molecule has 0 amide bonds. The first-order valence-corrected chi connectivity index (χ1v) is 8.77. The van der Waals surface area contributed by atoms with Crippen molar-refractivity contribution in [3.8, 4) is 0 Å². The predicted octanol–water partition coefficient (Wildman–Crippen LogP) is 5.95. The Balaban J connectivity index is -0.000000294. The van der Waals surface area contributed by atoms with E-state index in [0.717, 1.165) is 25.6 Å². The van der Waals surface area contributed by atoms with E-state index in [-0.39, 0.29) is 41.8 Å². The summed E-state index contributed by atoms with van der Waals surface area (Å²) < 4.78 is 5.01. The van der Waals surface area contributed by atoms with Crippen LogP contribution >= 0.6 is 0 Å². The van der Waals surface area contributed by atoms with E-state index < -0.39 is 0 Å². The summed E-state index contributed by atoms with van der Waals surface area (Å²) in [6, 6.07) is 0. The van der Waals surface area contributed by atoms with Gasteiger partial charge in [0.2, 0.25) is 0 Å². The topological polar surface area (TPSA) is 37.4 Å². The third kappa shape index (κ3) is 21.1. The molecule has 0 heterocycles. The van der Waals surface area contributed by atoms with Gasteiger partial charge in [0, 0.05) is 13.7 Å². The van der Waals surface area contributed by atoms with E-state index in [1.165, 1.54) is 44.9 Å². The van der Waals surface area contributed by atoms with Crippen molar-refractivity contribution in [3.05, 3.63) is 17.6 Å². The molecule has 1 aliphatic carbocycles. The summed E-state index contributed by atoms with van der Waals surface area (Å²) in [4.78, 5) is 0. The fourth-order valence-corrected chi connectivity index (χ4v) is 2.56. The Hall–Kier alpha value is 1.07. The Morgan fingerprint density at radius 3 is 1.95 bits per heavy atom. The van der Waals surface area contributed by atoms with Gasteiger partial charge in [-0.1, -0.05) is 52.4 Å². The molecule has 0 N–H and O–H groups in total. The van der Waals surface area contributed by atoms with E-state index in [2.05, 4.69) is 17.6 Å². The third-order valence-corrected chi connectivity index (χ3v) is 3.58. The normalized spacial score (nSPS) is 13.8. The van der Waals surface area contributed by atoms with Gasteiger partial charge >= 0.3 is 35.6 Å². The second kappa shape index (κ2) is 24.3. The van der Waals surface area contributed by atoms with Crippen LogP contribution in [0.3, 0.4) is 0 Å². The molecule has 1 fully saturated rings. The fourth-order valence-electron chi connectivity index (χ4n) is 2.56. The predicted molar refractivity (Wildman–Crippen MR) is 96.0 cm³/mol. The summed E-state index contributed by atoms with van der Waals surface area (Å²) in [6.07, 6.45) is 10.2. The number of nitrogens with zero attached hydrogens (tertiary/aromatic N) is 2. The number of ether oxygens (including phenoxy) is 1. The van der Waals surface area contributed by atoms with Crippen molar-refractivity contribution in [1.29, 1.82) is 0 Å². The van der Waals surface area contributed by atoms with Gasteiger partial charge < -0.3 is 22.3 Å². The number of hydrogen-bond donors (Lipinski definition) is 0. The second-order valence-electron chi connectivity index (χ2n) is 5.27. The van der Waals surface area contributed by atoms with E-state index in [0.29, 0.717) is 0 Å². The minimum absolute atomic E-state index is 0. The van der Waals surface area contributed by atoms with Gasteiger partial charge in [0.25, 0.3) is 0 Å². The molecule has 3 nitrogen and oxygen atoms in total. The van der Waals surface area contributed by atoms with Gasteiger partial charge in [-0.3, -0.25) is 0 Å². The Kier molecular flexibility index (Phi) is 30.9. The van der Waals surface area contributed by atoms with E-state index in [1.807, 2.05) is 20.8 Å². The summed E-state index contributed by atoms with van der Waals surface area (Å²) in [6.45, 7) is 13.8. The molecular formula is C18H39LaN2O. The summed E-state index contributed by atoms with van der Waals surface area (Å²) in [5.41, 5.74) is 0. The average Bonchev–Trinajstić information content (AvgIpc) is 3.00. The Bertz CT molecular complexity index is 170. The first-order chi connectivity index (χ1) is 10.2. The van der Waals surface area contributed by atoms with Gasteiger partial charge in [0.1, 0.15) is 0 Å². The van der Waals surface area contributed by atoms with E-state index in [4.69, 9.17) is 4.74 Å². The zero-order chi connectivity index (χ0) is 16.3. The van der Waals surface area contributed by atoms with Crippen molar-refractivity contribution in [2.24, 2.45) is 5.92 Å². The van der Waals surface area contributed by atoms with Crippen molar-refractivity contribution in [2.75, 3.05) is 26.8 Å². The molecule has 0 radical (unpaired) electrons. The molecule has 0 aliphatic heterocycles. The molecule has 0 aromatic rings. The molecule has 22 heavy (non-hydrogen) atoms. The Morgan fingerprint density at radius 1 is 1.05 bits per heavy atom. The van der Waals surface area contributed by atoms with Crippen molar-refractivity contribution in [1.82, 2.24) is 0 Å². The maximum atomic E-state index is 5.01. The summed E-state index contributed by atoms with van der Waals surface area (Å²) >= 11 is 0. The molecule has 0 aromatic heterocycles. The van der Waals surface area contributed by atoms with Crippen LogP contribution < -0.4 is 0 Å². The summed E-state index contributed by atoms with van der Waals surface area (Å²) in [5.74, 6) is 1.06. The minimum atomic E-state index is 0. The van der Waals surface area contributed by atoms with Gasteiger partial charge in [-0.2, -0.15) is 20.0 Å². The van der Waals surface area contributed by atoms with Crippen LogP contribution in [0.2, 0.25) is 0 Å². The summed E-state index contributed by atoms with van der Waals surface area (Å²) in [5, 5.41) is 8.30. The molecule has 0 bridgehead atoms. The van der Waals surface area contributed by atoms with Gasteiger partial charge in [-0.05, 0) is 12.3 Å². The van der Waals surface area contributed by atoms with Crippen molar-refractivity contribution >= 4 is 0 Å². The van der Waals surface area contributed by atoms with E-state index in [1.54, 1.807) is 14.0 Å². The van der Waals surface area contributed by atoms with Crippen molar-refractivity contribution in [3.63, 3.8) is 0 Å². The zero-order valence-corrected chi connectivity index (χ0v) is 19.4. The van der Waals surface area contributed by atoms with Crippen LogP contribution in [-0.2, 0) is 4.74 Å². The molecule has 4 heteroatoms. The monoisotopic (exact) mass is 438 g/mol. The molecule has 0 spiro atoms. The van der Waals surface area contributed by atoms with Crippen LogP contribution in [0.5, 0.6) is 0 Å². The number of unbranched alkanes of at least 4 members (excludes halogenated alkanes) is 1. The maximum Gasteiger partial charge on any atom is 3.00 e. The fraction of sp³-hybridized carbons (Fsp3) is 0.944. The first kappa shape index (κ1) is 27.9. The number of rotatable bonds is 9. The van der Waals surface area contributed by atoms with Gasteiger partial charge in [0.05, 0.1) is 0 Å². The third-order valence-electron chi connectivity index (χ3n) is 3.58. The quantitative estimate of drug-likeness (QED) is 0.324. The Labute approximate surface area is 168 Å². The molecule has 0 unspecified atom stereocenters.